The third-order valence-corrected chi connectivity index (χ3v) is 6.30. The van der Waals surface area contributed by atoms with Gasteiger partial charge in [0.05, 0.1) is 12.2 Å². The van der Waals surface area contributed by atoms with E-state index >= 15 is 0 Å². The van der Waals surface area contributed by atoms with Crippen LogP contribution in [0.4, 0.5) is 13.2 Å². The summed E-state index contributed by atoms with van der Waals surface area (Å²) < 4.78 is 62.0. The molecule has 188 valence electrons. The summed E-state index contributed by atoms with van der Waals surface area (Å²) in [4.78, 5) is 17.6. The highest BCUT2D eigenvalue weighted by molar-refractivity contribution is 7.46. The first-order valence-corrected chi connectivity index (χ1v) is 13.0. The lowest BCUT2D eigenvalue weighted by Gasteiger charge is -2.18. The predicted octanol–water partition coefficient (Wildman–Crippen LogP) is 5.27. The number of aryl methyl sites for hydroxylation is 2. The molecule has 3 rings (SSSR count). The first-order chi connectivity index (χ1) is 16.1. The Kier molecular flexibility index (Phi) is 9.56. The van der Waals surface area contributed by atoms with E-state index in [-0.39, 0.29) is 24.0 Å². The fourth-order valence-electron chi connectivity index (χ4n) is 4.13. The van der Waals surface area contributed by atoms with E-state index in [1.807, 2.05) is 18.2 Å². The summed E-state index contributed by atoms with van der Waals surface area (Å²) in [7, 11) is -4.57. The van der Waals surface area contributed by atoms with E-state index in [4.69, 9.17) is 14.5 Å². The number of phosphoric ester groups is 1. The fraction of sp³-hybridized carbons (Fsp3) is 0.500. The monoisotopic (exact) mass is 501 g/mol. The number of phosphoric acid groups is 1. The van der Waals surface area contributed by atoms with Gasteiger partial charge in [0.2, 0.25) is 0 Å². The maximum absolute atomic E-state index is 13.7. The third-order valence-electron chi connectivity index (χ3n) is 5.82. The summed E-state index contributed by atoms with van der Waals surface area (Å²) in [6, 6.07) is 13.9. The summed E-state index contributed by atoms with van der Waals surface area (Å²) in [6.07, 6.45) is 0.345. The molecule has 1 aliphatic heterocycles. The lowest BCUT2D eigenvalue weighted by atomic mass is 9.99. The molecule has 3 N–H and O–H groups in total. The van der Waals surface area contributed by atoms with Crippen molar-refractivity contribution < 1.29 is 36.8 Å². The predicted molar refractivity (Wildman–Crippen MR) is 123 cm³/mol. The second-order valence-corrected chi connectivity index (χ2v) is 9.82. The molecule has 2 atom stereocenters. The van der Waals surface area contributed by atoms with Crippen LogP contribution < -0.4 is 10.1 Å². The van der Waals surface area contributed by atoms with E-state index in [0.29, 0.717) is 25.8 Å². The molecule has 0 aromatic heterocycles. The van der Waals surface area contributed by atoms with Crippen LogP contribution in [0.5, 0.6) is 5.75 Å². The van der Waals surface area contributed by atoms with Crippen molar-refractivity contribution in [2.24, 2.45) is 0 Å². The lowest BCUT2D eigenvalue weighted by Crippen LogP contribution is -2.26. The minimum absolute atomic E-state index is 0.127. The van der Waals surface area contributed by atoms with E-state index in [1.54, 1.807) is 6.07 Å². The van der Waals surface area contributed by atoms with Crippen molar-refractivity contribution in [3.05, 3.63) is 65.2 Å². The number of benzene rings is 2. The second kappa shape index (κ2) is 12.2. The van der Waals surface area contributed by atoms with Crippen molar-refractivity contribution in [3.8, 4) is 5.75 Å². The maximum Gasteiger partial charge on any atom is 0.469 e. The SMILES string of the molecule is O=P(O)(O)OC[C@H]1C[C@H](Oc2ccc(CCCCCCc3ccccc3)c(C(F)(F)F)c2)CN1. The van der Waals surface area contributed by atoms with Gasteiger partial charge in [-0.25, -0.2) is 4.57 Å². The lowest BCUT2D eigenvalue weighted by molar-refractivity contribution is -0.138. The molecule has 0 amide bonds. The molecule has 34 heavy (non-hydrogen) atoms. The molecule has 2 aromatic carbocycles. The van der Waals surface area contributed by atoms with Gasteiger partial charge in [-0.3, -0.25) is 4.52 Å². The van der Waals surface area contributed by atoms with E-state index in [0.717, 1.165) is 31.7 Å². The highest BCUT2D eigenvalue weighted by Crippen LogP contribution is 2.37. The molecule has 0 saturated carbocycles. The molecule has 0 aliphatic carbocycles. The van der Waals surface area contributed by atoms with Crippen molar-refractivity contribution in [3.63, 3.8) is 0 Å². The smallest absolute Gasteiger partial charge is 0.469 e. The van der Waals surface area contributed by atoms with Gasteiger partial charge in [-0.1, -0.05) is 49.2 Å². The Balaban J connectivity index is 1.48. The largest absolute Gasteiger partial charge is 0.489 e. The zero-order chi connectivity index (χ0) is 24.6. The summed E-state index contributed by atoms with van der Waals surface area (Å²) in [6.45, 7) is 0.142. The molecular weight excluding hydrogens is 470 g/mol. The van der Waals surface area contributed by atoms with E-state index in [9.17, 15) is 17.7 Å². The van der Waals surface area contributed by atoms with Crippen LogP contribution in [0.25, 0.3) is 0 Å². The van der Waals surface area contributed by atoms with Crippen LogP contribution in [-0.2, 0) is 28.1 Å². The van der Waals surface area contributed by atoms with Gasteiger partial charge in [0.1, 0.15) is 11.9 Å². The van der Waals surface area contributed by atoms with Crippen LogP contribution in [0, 0.1) is 0 Å². The quantitative estimate of drug-likeness (QED) is 0.271. The number of hydrogen-bond acceptors (Lipinski definition) is 4. The molecule has 1 saturated heterocycles. The molecule has 1 fully saturated rings. The molecule has 1 aliphatic rings. The number of unbranched alkanes of at least 4 members (excludes halogenated alkanes) is 3. The fourth-order valence-corrected chi connectivity index (χ4v) is 4.51. The molecular formula is C24H31F3NO5P. The second-order valence-electron chi connectivity index (χ2n) is 8.58. The van der Waals surface area contributed by atoms with Crippen molar-refractivity contribution in [2.75, 3.05) is 13.2 Å². The normalized spacial score (nSPS) is 18.9. The van der Waals surface area contributed by atoms with Gasteiger partial charge < -0.3 is 19.8 Å². The zero-order valence-corrected chi connectivity index (χ0v) is 19.7. The van der Waals surface area contributed by atoms with Crippen LogP contribution >= 0.6 is 7.82 Å². The molecule has 0 spiro atoms. The van der Waals surface area contributed by atoms with Crippen LogP contribution in [0.15, 0.2) is 48.5 Å². The summed E-state index contributed by atoms with van der Waals surface area (Å²) in [5.74, 6) is 0.127. The minimum atomic E-state index is -4.57. The summed E-state index contributed by atoms with van der Waals surface area (Å²) in [5.41, 5.74) is 0.859. The van der Waals surface area contributed by atoms with Crippen molar-refractivity contribution in [1.29, 1.82) is 0 Å². The van der Waals surface area contributed by atoms with Crippen LogP contribution in [-0.4, -0.2) is 35.1 Å². The minimum Gasteiger partial charge on any atom is -0.489 e. The molecule has 10 heteroatoms. The Morgan fingerprint density at radius 1 is 1.00 bits per heavy atom. The Morgan fingerprint density at radius 3 is 2.38 bits per heavy atom. The number of ether oxygens (including phenoxy) is 1. The summed E-state index contributed by atoms with van der Waals surface area (Å²) >= 11 is 0. The highest BCUT2D eigenvalue weighted by Gasteiger charge is 2.34. The summed E-state index contributed by atoms with van der Waals surface area (Å²) in [5, 5.41) is 3.00. The average Bonchev–Trinajstić information content (AvgIpc) is 3.22. The van der Waals surface area contributed by atoms with Gasteiger partial charge in [0, 0.05) is 19.0 Å². The van der Waals surface area contributed by atoms with Crippen LogP contribution in [0.3, 0.4) is 0 Å². The van der Waals surface area contributed by atoms with Crippen LogP contribution in [0.2, 0.25) is 0 Å². The number of alkyl halides is 3. The molecule has 0 bridgehead atoms. The van der Waals surface area contributed by atoms with Crippen LogP contribution in [0.1, 0.15) is 48.8 Å². The van der Waals surface area contributed by atoms with E-state index in [2.05, 4.69) is 22.0 Å². The number of nitrogens with one attached hydrogen (secondary N) is 1. The number of rotatable bonds is 12. The Bertz CT molecular complexity index is 951. The highest BCUT2D eigenvalue weighted by atomic mass is 31.2. The molecule has 6 nitrogen and oxygen atoms in total. The Hall–Kier alpha value is -1.90. The molecule has 1 heterocycles. The van der Waals surface area contributed by atoms with Crippen molar-refractivity contribution >= 4 is 7.82 Å². The first kappa shape index (κ1) is 26.7. The average molecular weight is 501 g/mol. The Labute approximate surface area is 197 Å². The van der Waals surface area contributed by atoms with Gasteiger partial charge >= 0.3 is 14.0 Å². The number of hydrogen-bond donors (Lipinski definition) is 3. The van der Waals surface area contributed by atoms with Gasteiger partial charge in [-0.15, -0.1) is 0 Å². The van der Waals surface area contributed by atoms with Crippen molar-refractivity contribution in [2.45, 2.75) is 63.3 Å². The van der Waals surface area contributed by atoms with E-state index in [1.165, 1.54) is 11.6 Å². The van der Waals surface area contributed by atoms with Gasteiger partial charge in [0.15, 0.2) is 0 Å². The van der Waals surface area contributed by atoms with Gasteiger partial charge in [-0.05, 0) is 48.9 Å². The number of halogens is 3. The standard InChI is InChI=1S/C24H31F3NO5P/c25-24(26,27)23-15-21(33-22-14-20(28-16-22)17-32-34(29,30)31)13-12-19(23)11-7-2-1-4-8-18-9-5-3-6-10-18/h3,5-6,9-10,12-13,15,20,22,28H,1-2,4,7-8,11,14,16-17H2,(H2,29,30,31)/t20-,22+/m1/s1. The Morgan fingerprint density at radius 2 is 1.71 bits per heavy atom. The molecule has 0 radical (unpaired) electrons. The molecule has 2 aromatic rings. The first-order valence-electron chi connectivity index (χ1n) is 11.4. The third kappa shape index (κ3) is 9.04. The topological polar surface area (TPSA) is 88.0 Å². The zero-order valence-electron chi connectivity index (χ0n) is 18.8. The van der Waals surface area contributed by atoms with Gasteiger partial charge in [-0.2, -0.15) is 13.2 Å². The van der Waals surface area contributed by atoms with Gasteiger partial charge in [0.25, 0.3) is 0 Å². The van der Waals surface area contributed by atoms with Crippen molar-refractivity contribution in [1.82, 2.24) is 5.32 Å². The van der Waals surface area contributed by atoms with E-state index < -0.39 is 25.7 Å². The maximum atomic E-state index is 13.7. The molecule has 0 unspecified atom stereocenters.